The van der Waals surface area contributed by atoms with Crippen LogP contribution in [-0.2, 0) is 0 Å². The first-order valence-electron chi connectivity index (χ1n) is 6.30. The first-order valence-corrected chi connectivity index (χ1v) is 6.30. The molecule has 98 valence electrons. The average Bonchev–Trinajstić information content (AvgIpc) is 2.39. The summed E-state index contributed by atoms with van der Waals surface area (Å²) in [4.78, 5) is 0. The van der Waals surface area contributed by atoms with Crippen LogP contribution in [0.25, 0.3) is 11.1 Å². The summed E-state index contributed by atoms with van der Waals surface area (Å²) in [6.07, 6.45) is -0.0395. The van der Waals surface area contributed by atoms with Crippen LogP contribution in [0.15, 0.2) is 48.5 Å². The molecule has 0 spiro atoms. The molecule has 0 saturated heterocycles. The number of hydrogen-bond donors (Lipinski definition) is 2. The molecule has 0 aliphatic carbocycles. The van der Waals surface area contributed by atoms with Gasteiger partial charge in [0.1, 0.15) is 5.75 Å². The van der Waals surface area contributed by atoms with E-state index in [9.17, 15) is 10.0 Å². The smallest absolute Gasteiger partial charge is 0.491 e. The van der Waals surface area contributed by atoms with E-state index < -0.39 is 7.12 Å². The Morgan fingerprint density at radius 1 is 0.947 bits per heavy atom. The topological polar surface area (TPSA) is 49.7 Å². The lowest BCUT2D eigenvalue weighted by atomic mass is 9.78. The molecule has 0 bridgehead atoms. The zero-order valence-electron chi connectivity index (χ0n) is 11.1. The lowest BCUT2D eigenvalue weighted by Gasteiger charge is -2.18. The molecule has 3 nitrogen and oxygen atoms in total. The highest BCUT2D eigenvalue weighted by Gasteiger charge is 2.21. The zero-order valence-corrected chi connectivity index (χ0v) is 11.1. The second-order valence-corrected chi connectivity index (χ2v) is 4.63. The number of ether oxygens (including phenoxy) is 1. The highest BCUT2D eigenvalue weighted by atomic mass is 16.5. The number of hydrogen-bond acceptors (Lipinski definition) is 3. The first kappa shape index (κ1) is 13.7. The molecule has 0 saturated carbocycles. The Bertz CT molecular complexity index is 538. The van der Waals surface area contributed by atoms with Gasteiger partial charge in [0.15, 0.2) is 0 Å². The molecule has 0 atom stereocenters. The second kappa shape index (κ2) is 5.91. The third-order valence-electron chi connectivity index (χ3n) is 2.76. The molecule has 0 aromatic heterocycles. The Labute approximate surface area is 113 Å². The number of para-hydroxylation sites is 1. The summed E-state index contributed by atoms with van der Waals surface area (Å²) in [5.41, 5.74) is 2.23. The minimum Gasteiger partial charge on any atom is -0.491 e. The molecular formula is C15H17BO3. The van der Waals surface area contributed by atoms with E-state index in [0.717, 1.165) is 11.1 Å². The van der Waals surface area contributed by atoms with Gasteiger partial charge in [-0.3, -0.25) is 0 Å². The predicted octanol–water partition coefficient (Wildman–Crippen LogP) is 1.82. The van der Waals surface area contributed by atoms with E-state index in [0.29, 0.717) is 11.2 Å². The Balaban J connectivity index is 2.57. The van der Waals surface area contributed by atoms with Crippen molar-refractivity contribution in [2.45, 2.75) is 20.0 Å². The van der Waals surface area contributed by atoms with E-state index in [4.69, 9.17) is 4.74 Å². The van der Waals surface area contributed by atoms with Crippen LogP contribution in [0, 0.1) is 0 Å². The van der Waals surface area contributed by atoms with Crippen LogP contribution in [0.2, 0.25) is 0 Å². The van der Waals surface area contributed by atoms with Crippen molar-refractivity contribution in [3.8, 4) is 16.9 Å². The van der Waals surface area contributed by atoms with Crippen molar-refractivity contribution in [2.24, 2.45) is 0 Å². The number of rotatable bonds is 4. The first-order chi connectivity index (χ1) is 9.09. The van der Waals surface area contributed by atoms with Crippen molar-refractivity contribution in [3.05, 3.63) is 48.5 Å². The minimum atomic E-state index is -1.54. The zero-order chi connectivity index (χ0) is 13.8. The molecular weight excluding hydrogens is 239 g/mol. The number of benzene rings is 2. The standard InChI is InChI=1S/C15H17BO3/c1-11(2)19-15-13(12-7-4-3-5-8-12)9-6-10-14(15)16(17)18/h3-11,17-18H,1-2H3. The van der Waals surface area contributed by atoms with Crippen molar-refractivity contribution in [1.29, 1.82) is 0 Å². The molecule has 0 amide bonds. The van der Waals surface area contributed by atoms with Gasteiger partial charge in [-0.2, -0.15) is 0 Å². The Morgan fingerprint density at radius 2 is 1.63 bits per heavy atom. The molecule has 0 unspecified atom stereocenters. The van der Waals surface area contributed by atoms with Crippen LogP contribution >= 0.6 is 0 Å². The van der Waals surface area contributed by atoms with Crippen molar-refractivity contribution in [1.82, 2.24) is 0 Å². The largest absolute Gasteiger partial charge is 0.492 e. The predicted molar refractivity (Wildman–Crippen MR) is 77.5 cm³/mol. The maximum atomic E-state index is 9.46. The highest BCUT2D eigenvalue weighted by molar-refractivity contribution is 6.60. The summed E-state index contributed by atoms with van der Waals surface area (Å²) < 4.78 is 5.77. The SMILES string of the molecule is CC(C)Oc1c(B(O)O)cccc1-c1ccccc1. The van der Waals surface area contributed by atoms with Crippen LogP contribution in [0.4, 0.5) is 0 Å². The van der Waals surface area contributed by atoms with E-state index in [1.54, 1.807) is 12.1 Å². The van der Waals surface area contributed by atoms with Crippen LogP contribution in [-0.4, -0.2) is 23.3 Å². The molecule has 0 fully saturated rings. The maximum Gasteiger partial charge on any atom is 0.492 e. The van der Waals surface area contributed by atoms with E-state index >= 15 is 0 Å². The van der Waals surface area contributed by atoms with Gasteiger partial charge in [0.2, 0.25) is 0 Å². The molecule has 0 radical (unpaired) electrons. The molecule has 0 aliphatic heterocycles. The summed E-state index contributed by atoms with van der Waals surface area (Å²) in [5, 5.41) is 18.9. The fourth-order valence-electron chi connectivity index (χ4n) is 1.97. The van der Waals surface area contributed by atoms with E-state index in [1.165, 1.54) is 0 Å². The van der Waals surface area contributed by atoms with Crippen molar-refractivity contribution in [2.75, 3.05) is 0 Å². The molecule has 2 aromatic rings. The molecule has 19 heavy (non-hydrogen) atoms. The minimum absolute atomic E-state index is 0.0395. The van der Waals surface area contributed by atoms with Gasteiger partial charge in [-0.15, -0.1) is 0 Å². The van der Waals surface area contributed by atoms with Crippen molar-refractivity contribution >= 4 is 12.6 Å². The van der Waals surface area contributed by atoms with Gasteiger partial charge in [0.25, 0.3) is 0 Å². The maximum absolute atomic E-state index is 9.46. The second-order valence-electron chi connectivity index (χ2n) is 4.63. The summed E-state index contributed by atoms with van der Waals surface area (Å²) in [6, 6.07) is 15.1. The van der Waals surface area contributed by atoms with Gasteiger partial charge >= 0.3 is 7.12 Å². The Kier molecular flexibility index (Phi) is 4.25. The van der Waals surface area contributed by atoms with Crippen LogP contribution < -0.4 is 10.2 Å². The molecule has 0 heterocycles. The van der Waals surface area contributed by atoms with Gasteiger partial charge in [-0.05, 0) is 19.4 Å². The van der Waals surface area contributed by atoms with Crippen LogP contribution in [0.3, 0.4) is 0 Å². The van der Waals surface area contributed by atoms with Crippen LogP contribution in [0.5, 0.6) is 5.75 Å². The van der Waals surface area contributed by atoms with Crippen molar-refractivity contribution in [3.63, 3.8) is 0 Å². The summed E-state index contributed by atoms with van der Waals surface area (Å²) >= 11 is 0. The quantitative estimate of drug-likeness (QED) is 0.820. The molecule has 4 heteroatoms. The fraction of sp³-hybridized carbons (Fsp3) is 0.200. The van der Waals surface area contributed by atoms with Gasteiger partial charge in [-0.1, -0.05) is 48.5 Å². The van der Waals surface area contributed by atoms with E-state index in [1.807, 2.05) is 50.2 Å². The Hall–Kier alpha value is -1.78. The summed E-state index contributed by atoms with van der Waals surface area (Å²) in [6.45, 7) is 3.82. The molecule has 0 aliphatic rings. The third kappa shape index (κ3) is 3.16. The van der Waals surface area contributed by atoms with E-state index in [-0.39, 0.29) is 6.10 Å². The van der Waals surface area contributed by atoms with Gasteiger partial charge in [0.05, 0.1) is 6.10 Å². The van der Waals surface area contributed by atoms with Crippen molar-refractivity contribution < 1.29 is 14.8 Å². The summed E-state index contributed by atoms with van der Waals surface area (Å²) in [7, 11) is -1.54. The van der Waals surface area contributed by atoms with Gasteiger partial charge < -0.3 is 14.8 Å². The lowest BCUT2D eigenvalue weighted by molar-refractivity contribution is 0.244. The summed E-state index contributed by atoms with van der Waals surface area (Å²) in [5.74, 6) is 0.527. The van der Waals surface area contributed by atoms with Gasteiger partial charge in [-0.25, -0.2) is 0 Å². The van der Waals surface area contributed by atoms with E-state index in [2.05, 4.69) is 0 Å². The Morgan fingerprint density at radius 3 is 2.21 bits per heavy atom. The third-order valence-corrected chi connectivity index (χ3v) is 2.76. The normalized spacial score (nSPS) is 10.6. The fourth-order valence-corrected chi connectivity index (χ4v) is 1.97. The monoisotopic (exact) mass is 256 g/mol. The molecule has 2 rings (SSSR count). The average molecular weight is 256 g/mol. The van der Waals surface area contributed by atoms with Crippen LogP contribution in [0.1, 0.15) is 13.8 Å². The molecule has 2 aromatic carbocycles. The van der Waals surface area contributed by atoms with Gasteiger partial charge in [0, 0.05) is 11.0 Å². The highest BCUT2D eigenvalue weighted by Crippen LogP contribution is 2.29. The molecule has 2 N–H and O–H groups in total. The lowest BCUT2D eigenvalue weighted by Crippen LogP contribution is -2.32.